The lowest BCUT2D eigenvalue weighted by Crippen LogP contribution is -1.98. The van der Waals surface area contributed by atoms with Crippen molar-refractivity contribution in [3.8, 4) is 22.8 Å². The molecule has 0 atom stereocenters. The van der Waals surface area contributed by atoms with E-state index >= 15 is 0 Å². The number of nitrogens with zero attached hydrogens (tertiary/aromatic N) is 4. The van der Waals surface area contributed by atoms with Gasteiger partial charge in [-0.3, -0.25) is 9.97 Å². The van der Waals surface area contributed by atoms with E-state index in [0.717, 1.165) is 16.8 Å². The molecular formula is C13H11N5O. The molecule has 3 aromatic heterocycles. The van der Waals surface area contributed by atoms with Crippen LogP contribution in [0.3, 0.4) is 0 Å². The van der Waals surface area contributed by atoms with Crippen molar-refractivity contribution in [1.29, 1.82) is 0 Å². The molecule has 94 valence electrons. The Balaban J connectivity index is 1.97. The van der Waals surface area contributed by atoms with Gasteiger partial charge in [0.15, 0.2) is 0 Å². The third kappa shape index (κ3) is 2.34. The predicted molar refractivity (Wildman–Crippen MR) is 68.7 cm³/mol. The number of pyridine rings is 2. The van der Waals surface area contributed by atoms with E-state index in [1.54, 1.807) is 18.6 Å². The molecule has 0 aromatic carbocycles. The van der Waals surface area contributed by atoms with Gasteiger partial charge in [0.25, 0.3) is 5.89 Å². The molecule has 6 heteroatoms. The van der Waals surface area contributed by atoms with Gasteiger partial charge < -0.3 is 10.3 Å². The number of rotatable bonds is 3. The van der Waals surface area contributed by atoms with Gasteiger partial charge in [0.2, 0.25) is 5.82 Å². The Morgan fingerprint density at radius 3 is 2.63 bits per heavy atom. The van der Waals surface area contributed by atoms with Crippen molar-refractivity contribution in [2.45, 2.75) is 6.54 Å². The summed E-state index contributed by atoms with van der Waals surface area (Å²) < 4.78 is 5.25. The molecule has 0 spiro atoms. The SMILES string of the molecule is NCc1cc(-c2nc(-c3ccncc3)no2)ccn1. The highest BCUT2D eigenvalue weighted by atomic mass is 16.5. The minimum absolute atomic E-state index is 0.374. The monoisotopic (exact) mass is 253 g/mol. The van der Waals surface area contributed by atoms with Crippen molar-refractivity contribution in [2.75, 3.05) is 0 Å². The van der Waals surface area contributed by atoms with Crippen LogP contribution >= 0.6 is 0 Å². The standard InChI is InChI=1S/C13H11N5O/c14-8-11-7-10(3-6-16-11)13-17-12(18-19-13)9-1-4-15-5-2-9/h1-7H,8,14H2. The third-order valence-electron chi connectivity index (χ3n) is 2.64. The molecule has 2 N–H and O–H groups in total. The molecule has 0 bridgehead atoms. The van der Waals surface area contributed by atoms with Crippen LogP contribution in [0, 0.1) is 0 Å². The van der Waals surface area contributed by atoms with Crippen LogP contribution in [0.15, 0.2) is 47.4 Å². The lowest BCUT2D eigenvalue weighted by molar-refractivity contribution is 0.432. The quantitative estimate of drug-likeness (QED) is 0.763. The van der Waals surface area contributed by atoms with Gasteiger partial charge >= 0.3 is 0 Å². The highest BCUT2D eigenvalue weighted by molar-refractivity contribution is 5.59. The molecule has 3 heterocycles. The van der Waals surface area contributed by atoms with Crippen molar-refractivity contribution in [3.63, 3.8) is 0 Å². The van der Waals surface area contributed by atoms with E-state index in [0.29, 0.717) is 18.3 Å². The Morgan fingerprint density at radius 2 is 1.84 bits per heavy atom. The largest absolute Gasteiger partial charge is 0.334 e. The molecule has 0 aliphatic carbocycles. The zero-order chi connectivity index (χ0) is 13.1. The maximum Gasteiger partial charge on any atom is 0.258 e. The first-order valence-corrected chi connectivity index (χ1v) is 5.76. The van der Waals surface area contributed by atoms with Crippen LogP contribution in [-0.4, -0.2) is 20.1 Å². The van der Waals surface area contributed by atoms with Crippen molar-refractivity contribution in [2.24, 2.45) is 5.73 Å². The fourth-order valence-electron chi connectivity index (χ4n) is 1.68. The number of aromatic nitrogens is 4. The first kappa shape index (κ1) is 11.5. The van der Waals surface area contributed by atoms with E-state index in [4.69, 9.17) is 10.3 Å². The van der Waals surface area contributed by atoms with E-state index in [1.807, 2.05) is 24.3 Å². The normalized spacial score (nSPS) is 10.6. The Labute approximate surface area is 109 Å². The molecule has 0 aliphatic heterocycles. The lowest BCUT2D eigenvalue weighted by atomic mass is 10.2. The van der Waals surface area contributed by atoms with Crippen molar-refractivity contribution >= 4 is 0 Å². The van der Waals surface area contributed by atoms with Crippen LogP contribution in [0.2, 0.25) is 0 Å². The number of hydrogen-bond acceptors (Lipinski definition) is 6. The summed E-state index contributed by atoms with van der Waals surface area (Å²) in [5.41, 5.74) is 8.00. The zero-order valence-corrected chi connectivity index (χ0v) is 10.0. The smallest absolute Gasteiger partial charge is 0.258 e. The van der Waals surface area contributed by atoms with E-state index < -0.39 is 0 Å². The summed E-state index contributed by atoms with van der Waals surface area (Å²) in [4.78, 5) is 12.4. The maximum atomic E-state index is 5.56. The van der Waals surface area contributed by atoms with Gasteiger partial charge in [-0.05, 0) is 24.3 Å². The van der Waals surface area contributed by atoms with Gasteiger partial charge in [0.05, 0.1) is 5.69 Å². The van der Waals surface area contributed by atoms with Crippen molar-refractivity contribution in [1.82, 2.24) is 20.1 Å². The topological polar surface area (TPSA) is 90.7 Å². The lowest BCUT2D eigenvalue weighted by Gasteiger charge is -1.97. The van der Waals surface area contributed by atoms with Crippen molar-refractivity contribution in [3.05, 3.63) is 48.5 Å². The average Bonchev–Trinajstić information content (AvgIpc) is 2.98. The molecular weight excluding hydrogens is 242 g/mol. The first-order chi connectivity index (χ1) is 9.36. The van der Waals surface area contributed by atoms with Gasteiger partial charge in [-0.1, -0.05) is 5.16 Å². The highest BCUT2D eigenvalue weighted by Gasteiger charge is 2.10. The number of hydrogen-bond donors (Lipinski definition) is 1. The fourth-order valence-corrected chi connectivity index (χ4v) is 1.68. The molecule has 0 radical (unpaired) electrons. The Morgan fingerprint density at radius 1 is 1.05 bits per heavy atom. The fraction of sp³-hybridized carbons (Fsp3) is 0.0769. The third-order valence-corrected chi connectivity index (χ3v) is 2.64. The van der Waals surface area contributed by atoms with Gasteiger partial charge in [-0.25, -0.2) is 0 Å². The molecule has 3 aromatic rings. The zero-order valence-electron chi connectivity index (χ0n) is 10.0. The minimum atomic E-state index is 0.374. The second-order valence-electron chi connectivity index (χ2n) is 3.90. The maximum absolute atomic E-state index is 5.56. The molecule has 0 aliphatic rings. The van der Waals surface area contributed by atoms with Crippen LogP contribution in [0.5, 0.6) is 0 Å². The Hall–Kier alpha value is -2.60. The molecule has 0 saturated carbocycles. The van der Waals surface area contributed by atoms with Crippen LogP contribution in [0.1, 0.15) is 5.69 Å². The van der Waals surface area contributed by atoms with Crippen LogP contribution in [-0.2, 0) is 6.54 Å². The van der Waals surface area contributed by atoms with Crippen LogP contribution < -0.4 is 5.73 Å². The summed E-state index contributed by atoms with van der Waals surface area (Å²) in [5.74, 6) is 0.979. The van der Waals surface area contributed by atoms with Gasteiger partial charge in [-0.15, -0.1) is 0 Å². The minimum Gasteiger partial charge on any atom is -0.334 e. The summed E-state index contributed by atoms with van der Waals surface area (Å²) in [6, 6.07) is 7.30. The van der Waals surface area contributed by atoms with Crippen LogP contribution in [0.4, 0.5) is 0 Å². The van der Waals surface area contributed by atoms with E-state index in [1.165, 1.54) is 0 Å². The molecule has 0 amide bonds. The number of nitrogens with two attached hydrogens (primary N) is 1. The highest BCUT2D eigenvalue weighted by Crippen LogP contribution is 2.21. The predicted octanol–water partition coefficient (Wildman–Crippen LogP) is 1.65. The Bertz CT molecular complexity index is 680. The Kier molecular flexibility index (Phi) is 2.99. The van der Waals surface area contributed by atoms with E-state index in [-0.39, 0.29) is 0 Å². The first-order valence-electron chi connectivity index (χ1n) is 5.76. The molecule has 19 heavy (non-hydrogen) atoms. The van der Waals surface area contributed by atoms with Crippen LogP contribution in [0.25, 0.3) is 22.8 Å². The van der Waals surface area contributed by atoms with Gasteiger partial charge in [0.1, 0.15) is 0 Å². The summed E-state index contributed by atoms with van der Waals surface area (Å²) in [5, 5.41) is 3.95. The average molecular weight is 253 g/mol. The molecule has 0 saturated heterocycles. The van der Waals surface area contributed by atoms with E-state index in [9.17, 15) is 0 Å². The second-order valence-corrected chi connectivity index (χ2v) is 3.90. The van der Waals surface area contributed by atoms with Gasteiger partial charge in [0, 0.05) is 36.3 Å². The molecule has 6 nitrogen and oxygen atoms in total. The van der Waals surface area contributed by atoms with Crippen molar-refractivity contribution < 1.29 is 4.52 Å². The summed E-state index contributed by atoms with van der Waals surface area (Å²) >= 11 is 0. The summed E-state index contributed by atoms with van der Waals surface area (Å²) in [7, 11) is 0. The molecule has 3 rings (SSSR count). The molecule has 0 unspecified atom stereocenters. The molecule has 0 fully saturated rings. The second kappa shape index (κ2) is 4.95. The van der Waals surface area contributed by atoms with E-state index in [2.05, 4.69) is 20.1 Å². The summed E-state index contributed by atoms with van der Waals surface area (Å²) in [6.07, 6.45) is 5.04. The van der Waals surface area contributed by atoms with Gasteiger partial charge in [-0.2, -0.15) is 4.98 Å². The summed E-state index contributed by atoms with van der Waals surface area (Å²) in [6.45, 7) is 0.374.